The summed E-state index contributed by atoms with van der Waals surface area (Å²) >= 11 is 0. The van der Waals surface area contributed by atoms with Crippen LogP contribution in [0.2, 0.25) is 0 Å². The molecule has 0 radical (unpaired) electrons. The fourth-order valence-electron chi connectivity index (χ4n) is 4.26. The van der Waals surface area contributed by atoms with E-state index in [1.165, 1.54) is 23.1 Å². The van der Waals surface area contributed by atoms with E-state index < -0.39 is 29.3 Å². The Morgan fingerprint density at radius 3 is 2.44 bits per heavy atom. The molecule has 0 saturated carbocycles. The summed E-state index contributed by atoms with van der Waals surface area (Å²) in [4.78, 5) is 31.8. The molecule has 1 aliphatic rings. The lowest BCUT2D eigenvalue weighted by Crippen LogP contribution is -2.29. The van der Waals surface area contributed by atoms with Crippen LogP contribution in [0.5, 0.6) is 5.75 Å². The number of ether oxygens (including phenoxy) is 1. The number of halogens is 1. The maximum atomic E-state index is 14.3. The molecule has 186 valence electrons. The second-order valence-corrected chi connectivity index (χ2v) is 8.87. The Morgan fingerprint density at radius 1 is 1.06 bits per heavy atom. The fraction of sp³-hybridized carbons (Fsp3) is 0.276. The topological polar surface area (TPSA) is 79.7 Å². The summed E-state index contributed by atoms with van der Waals surface area (Å²) in [6.07, 6.45) is 6.36. The number of aliphatic hydroxyl groups excluding tert-OH is 1. The number of carbonyl (C=O) groups excluding carboxylic acids is 2. The van der Waals surface area contributed by atoms with Crippen LogP contribution in [-0.4, -0.2) is 33.3 Å². The number of Topliss-reactive ketones (excluding diaryl/α,β-unsaturated/α-hetero) is 1. The standard InChI is InChI=1S/C29H29FN2O4/c1-3-4-5-16-36-23-10-8-21(9-11-23)26-25(27(33)22-7-6-19(2)24(30)17-22)28(34)29(35)32(26)18-20-12-14-31-15-13-20/h6-15,17,26,33H,3-5,16,18H2,1-2H3/t26-/m1/s1. The number of amides is 1. The Bertz CT molecular complexity index is 1270. The molecule has 0 spiro atoms. The number of aliphatic hydroxyl groups is 1. The maximum Gasteiger partial charge on any atom is 0.295 e. The van der Waals surface area contributed by atoms with Crippen molar-refractivity contribution < 1.29 is 23.8 Å². The maximum absolute atomic E-state index is 14.3. The first-order chi connectivity index (χ1) is 17.4. The van der Waals surface area contributed by atoms with Crippen LogP contribution in [0.15, 0.2) is 72.6 Å². The van der Waals surface area contributed by atoms with Gasteiger partial charge in [-0.2, -0.15) is 0 Å². The summed E-state index contributed by atoms with van der Waals surface area (Å²) in [6, 6.07) is 14.1. The zero-order chi connectivity index (χ0) is 25.7. The molecule has 7 heteroatoms. The Hall–Kier alpha value is -4.00. The smallest absolute Gasteiger partial charge is 0.295 e. The van der Waals surface area contributed by atoms with Gasteiger partial charge in [0.2, 0.25) is 0 Å². The number of nitrogens with zero attached hydrogens (tertiary/aromatic N) is 2. The van der Waals surface area contributed by atoms with Crippen molar-refractivity contribution in [2.75, 3.05) is 6.61 Å². The Labute approximate surface area is 210 Å². The van der Waals surface area contributed by atoms with Crippen LogP contribution in [0.4, 0.5) is 4.39 Å². The number of hydrogen-bond acceptors (Lipinski definition) is 5. The second-order valence-electron chi connectivity index (χ2n) is 8.87. The molecule has 6 nitrogen and oxygen atoms in total. The Kier molecular flexibility index (Phi) is 7.78. The predicted octanol–water partition coefficient (Wildman–Crippen LogP) is 5.72. The number of hydrogen-bond donors (Lipinski definition) is 1. The van der Waals surface area contributed by atoms with Gasteiger partial charge in [0.05, 0.1) is 18.2 Å². The third-order valence-electron chi connectivity index (χ3n) is 6.30. The van der Waals surface area contributed by atoms with Crippen molar-refractivity contribution in [2.45, 2.75) is 45.7 Å². The third kappa shape index (κ3) is 5.30. The molecule has 1 amide bonds. The van der Waals surface area contributed by atoms with E-state index in [9.17, 15) is 19.1 Å². The summed E-state index contributed by atoms with van der Waals surface area (Å²) in [7, 11) is 0. The highest BCUT2D eigenvalue weighted by Crippen LogP contribution is 2.40. The van der Waals surface area contributed by atoms with Crippen molar-refractivity contribution in [3.05, 3.63) is 101 Å². The first kappa shape index (κ1) is 25.1. The first-order valence-electron chi connectivity index (χ1n) is 12.1. The van der Waals surface area contributed by atoms with E-state index in [1.807, 2.05) is 0 Å². The van der Waals surface area contributed by atoms with Crippen molar-refractivity contribution in [1.29, 1.82) is 0 Å². The van der Waals surface area contributed by atoms with Gasteiger partial charge in [0.25, 0.3) is 11.7 Å². The SMILES string of the molecule is CCCCCOc1ccc([C@@H]2C(=C(O)c3ccc(C)c(F)c3)C(=O)C(=O)N2Cc2ccncc2)cc1. The van der Waals surface area contributed by atoms with Crippen molar-refractivity contribution in [3.63, 3.8) is 0 Å². The number of aromatic nitrogens is 1. The molecule has 1 N–H and O–H groups in total. The molecule has 2 heterocycles. The van der Waals surface area contributed by atoms with Gasteiger partial charge in [0.15, 0.2) is 0 Å². The van der Waals surface area contributed by atoms with Crippen LogP contribution < -0.4 is 4.74 Å². The lowest BCUT2D eigenvalue weighted by molar-refractivity contribution is -0.140. The van der Waals surface area contributed by atoms with Crippen molar-refractivity contribution in [1.82, 2.24) is 9.88 Å². The van der Waals surface area contributed by atoms with Gasteiger partial charge in [-0.05, 0) is 60.4 Å². The molecule has 3 aromatic rings. The molecular weight excluding hydrogens is 459 g/mol. The van der Waals surface area contributed by atoms with Crippen LogP contribution in [0.25, 0.3) is 5.76 Å². The number of aryl methyl sites for hydroxylation is 1. The lowest BCUT2D eigenvalue weighted by atomic mass is 9.94. The van der Waals surface area contributed by atoms with Gasteiger partial charge < -0.3 is 14.7 Å². The molecule has 1 atom stereocenters. The van der Waals surface area contributed by atoms with Crippen LogP contribution in [0.3, 0.4) is 0 Å². The van der Waals surface area contributed by atoms with Crippen molar-refractivity contribution in [2.24, 2.45) is 0 Å². The summed E-state index contributed by atoms with van der Waals surface area (Å²) in [6.45, 7) is 4.49. The van der Waals surface area contributed by atoms with E-state index in [0.717, 1.165) is 24.8 Å². The van der Waals surface area contributed by atoms with Gasteiger partial charge in [-0.25, -0.2) is 4.39 Å². The number of carbonyl (C=O) groups is 2. The number of likely N-dealkylation sites (tertiary alicyclic amines) is 1. The van der Waals surface area contributed by atoms with Gasteiger partial charge >= 0.3 is 0 Å². The minimum Gasteiger partial charge on any atom is -0.507 e. The average Bonchev–Trinajstić information content (AvgIpc) is 3.13. The molecule has 36 heavy (non-hydrogen) atoms. The number of rotatable bonds is 9. The van der Waals surface area contributed by atoms with Crippen molar-refractivity contribution in [3.8, 4) is 5.75 Å². The molecule has 1 aromatic heterocycles. The van der Waals surface area contributed by atoms with E-state index in [1.54, 1.807) is 55.7 Å². The van der Waals surface area contributed by atoms with Gasteiger partial charge in [-0.3, -0.25) is 14.6 Å². The zero-order valence-electron chi connectivity index (χ0n) is 20.4. The Balaban J connectivity index is 1.74. The van der Waals surface area contributed by atoms with Gasteiger partial charge in [0, 0.05) is 24.5 Å². The summed E-state index contributed by atoms with van der Waals surface area (Å²) in [5.41, 5.74) is 1.90. The van der Waals surface area contributed by atoms with Gasteiger partial charge in [0.1, 0.15) is 17.3 Å². The van der Waals surface area contributed by atoms with E-state index in [-0.39, 0.29) is 17.7 Å². The van der Waals surface area contributed by atoms with E-state index in [2.05, 4.69) is 11.9 Å². The fourth-order valence-corrected chi connectivity index (χ4v) is 4.26. The molecule has 0 unspecified atom stereocenters. The monoisotopic (exact) mass is 488 g/mol. The molecule has 1 aliphatic heterocycles. The molecular formula is C29H29FN2O4. The minimum atomic E-state index is -0.850. The first-order valence-corrected chi connectivity index (χ1v) is 12.1. The minimum absolute atomic E-state index is 0.0751. The molecule has 2 aromatic carbocycles. The van der Waals surface area contributed by atoms with Crippen LogP contribution in [0, 0.1) is 12.7 Å². The van der Waals surface area contributed by atoms with Crippen LogP contribution in [-0.2, 0) is 16.1 Å². The molecule has 0 bridgehead atoms. The summed E-state index contributed by atoms with van der Waals surface area (Å²) in [5.74, 6) is -1.78. The van der Waals surface area contributed by atoms with Crippen LogP contribution >= 0.6 is 0 Å². The molecule has 1 saturated heterocycles. The second kappa shape index (κ2) is 11.2. The molecule has 1 fully saturated rings. The number of ketones is 1. The lowest BCUT2D eigenvalue weighted by Gasteiger charge is -2.25. The third-order valence-corrected chi connectivity index (χ3v) is 6.30. The number of benzene rings is 2. The molecule has 0 aliphatic carbocycles. The number of unbranched alkanes of at least 4 members (excludes halogenated alkanes) is 2. The number of pyridine rings is 1. The van der Waals surface area contributed by atoms with Crippen LogP contribution in [0.1, 0.15) is 54.5 Å². The predicted molar refractivity (Wildman–Crippen MR) is 135 cm³/mol. The molecule has 4 rings (SSSR count). The summed E-state index contributed by atoms with van der Waals surface area (Å²) < 4.78 is 20.1. The van der Waals surface area contributed by atoms with Gasteiger partial charge in [-0.1, -0.05) is 44.0 Å². The Morgan fingerprint density at radius 2 is 1.78 bits per heavy atom. The largest absolute Gasteiger partial charge is 0.507 e. The highest BCUT2D eigenvalue weighted by atomic mass is 19.1. The van der Waals surface area contributed by atoms with E-state index >= 15 is 0 Å². The van der Waals surface area contributed by atoms with E-state index in [4.69, 9.17) is 4.74 Å². The zero-order valence-corrected chi connectivity index (χ0v) is 20.4. The highest BCUT2D eigenvalue weighted by Gasteiger charge is 2.46. The summed E-state index contributed by atoms with van der Waals surface area (Å²) in [5, 5.41) is 11.1. The van der Waals surface area contributed by atoms with Gasteiger partial charge in [-0.15, -0.1) is 0 Å². The average molecular weight is 489 g/mol. The normalized spacial score (nSPS) is 17.0. The highest BCUT2D eigenvalue weighted by molar-refractivity contribution is 6.46. The van der Waals surface area contributed by atoms with E-state index in [0.29, 0.717) is 23.5 Å². The van der Waals surface area contributed by atoms with Crippen molar-refractivity contribution >= 4 is 17.4 Å². The quantitative estimate of drug-likeness (QED) is 0.180.